The lowest BCUT2D eigenvalue weighted by Gasteiger charge is -2.28. The largest absolute Gasteiger partial charge is 0.449 e. The number of rotatable bonds is 7. The van der Waals surface area contributed by atoms with Crippen LogP contribution in [-0.2, 0) is 14.3 Å². The number of furan rings is 1. The number of esters is 1. The van der Waals surface area contributed by atoms with E-state index in [1.54, 1.807) is 0 Å². The summed E-state index contributed by atoms with van der Waals surface area (Å²) in [6.45, 7) is 3.54. The number of hydrogen-bond acceptors (Lipinski definition) is 7. The molecule has 0 radical (unpaired) electrons. The van der Waals surface area contributed by atoms with E-state index in [0.29, 0.717) is 5.69 Å². The minimum absolute atomic E-state index is 0.129. The number of nitrogens with one attached hydrogen (secondary N) is 1. The van der Waals surface area contributed by atoms with Gasteiger partial charge < -0.3 is 19.4 Å². The minimum atomic E-state index is -1.02. The molecule has 1 fully saturated rings. The summed E-state index contributed by atoms with van der Waals surface area (Å²) in [5.74, 6) is -1.53. The van der Waals surface area contributed by atoms with Gasteiger partial charge in [0.1, 0.15) is 10.7 Å². The fourth-order valence-electron chi connectivity index (χ4n) is 3.10. The molecule has 1 N–H and O–H groups in total. The fourth-order valence-corrected chi connectivity index (χ4v) is 3.10. The van der Waals surface area contributed by atoms with Gasteiger partial charge in [0, 0.05) is 30.5 Å². The van der Waals surface area contributed by atoms with Crippen LogP contribution in [0.25, 0.3) is 6.08 Å². The highest BCUT2D eigenvalue weighted by Crippen LogP contribution is 2.22. The Bertz CT molecular complexity index is 928. The third-order valence-electron chi connectivity index (χ3n) is 4.69. The molecule has 0 unspecified atom stereocenters. The van der Waals surface area contributed by atoms with Crippen molar-refractivity contribution in [1.29, 1.82) is 0 Å². The first-order valence-corrected chi connectivity index (χ1v) is 9.71. The molecule has 0 spiro atoms. The molecule has 3 rings (SSSR count). The number of ether oxygens (including phenoxy) is 1. The number of anilines is 2. The molecular weight excluding hydrogens is 390 g/mol. The number of nitrogens with zero attached hydrogens (tertiary/aromatic N) is 2. The average Bonchev–Trinajstić information content (AvgIpc) is 3.23. The monoisotopic (exact) mass is 413 g/mol. The van der Waals surface area contributed by atoms with Gasteiger partial charge in [-0.2, -0.15) is 0 Å². The first-order valence-electron chi connectivity index (χ1n) is 9.71. The highest BCUT2D eigenvalue weighted by molar-refractivity contribution is 5.96. The summed E-state index contributed by atoms with van der Waals surface area (Å²) in [6.07, 6.45) is 4.89. The van der Waals surface area contributed by atoms with Crippen molar-refractivity contribution in [3.05, 3.63) is 58.3 Å². The van der Waals surface area contributed by atoms with Gasteiger partial charge in [0.25, 0.3) is 5.91 Å². The van der Waals surface area contributed by atoms with Crippen molar-refractivity contribution in [2.75, 3.05) is 23.3 Å². The van der Waals surface area contributed by atoms with E-state index in [1.165, 1.54) is 44.4 Å². The fraction of sp³-hybridized carbons (Fsp3) is 0.333. The van der Waals surface area contributed by atoms with Crippen LogP contribution in [0.4, 0.5) is 17.3 Å². The van der Waals surface area contributed by atoms with E-state index in [4.69, 9.17) is 9.15 Å². The van der Waals surface area contributed by atoms with Gasteiger partial charge in [-0.15, -0.1) is 0 Å². The van der Waals surface area contributed by atoms with Crippen molar-refractivity contribution in [1.82, 2.24) is 0 Å². The molecule has 1 aliphatic rings. The summed E-state index contributed by atoms with van der Waals surface area (Å²) in [6, 6.07) is 10.1. The van der Waals surface area contributed by atoms with E-state index in [9.17, 15) is 19.7 Å². The summed E-state index contributed by atoms with van der Waals surface area (Å²) in [5, 5.41) is 13.3. The Kier molecular flexibility index (Phi) is 6.84. The number of nitro groups is 1. The van der Waals surface area contributed by atoms with Crippen LogP contribution in [0.5, 0.6) is 0 Å². The van der Waals surface area contributed by atoms with E-state index in [-0.39, 0.29) is 5.76 Å². The molecule has 1 saturated heterocycles. The molecule has 1 amide bonds. The molecule has 9 nitrogen and oxygen atoms in total. The van der Waals surface area contributed by atoms with E-state index < -0.39 is 28.8 Å². The summed E-state index contributed by atoms with van der Waals surface area (Å²) < 4.78 is 9.96. The summed E-state index contributed by atoms with van der Waals surface area (Å²) in [4.78, 5) is 36.4. The summed E-state index contributed by atoms with van der Waals surface area (Å²) in [7, 11) is 0. The van der Waals surface area contributed by atoms with Gasteiger partial charge in [-0.1, -0.05) is 0 Å². The van der Waals surface area contributed by atoms with Gasteiger partial charge in [0.15, 0.2) is 6.10 Å². The lowest BCUT2D eigenvalue weighted by atomic mass is 10.1. The number of amides is 1. The van der Waals surface area contributed by atoms with E-state index in [1.807, 2.05) is 24.3 Å². The first kappa shape index (κ1) is 21.1. The molecule has 2 aromatic rings. The second-order valence-electron chi connectivity index (χ2n) is 6.93. The highest BCUT2D eigenvalue weighted by Gasteiger charge is 2.17. The van der Waals surface area contributed by atoms with Gasteiger partial charge in [0.2, 0.25) is 0 Å². The number of carbonyl (C=O) groups is 2. The van der Waals surface area contributed by atoms with Crippen molar-refractivity contribution < 1.29 is 23.7 Å². The molecule has 2 heterocycles. The number of piperidine rings is 1. The molecule has 9 heteroatoms. The van der Waals surface area contributed by atoms with Gasteiger partial charge in [0.05, 0.1) is 6.07 Å². The average molecular weight is 413 g/mol. The molecule has 1 aromatic carbocycles. The van der Waals surface area contributed by atoms with Crippen LogP contribution in [0.15, 0.2) is 46.9 Å². The second kappa shape index (κ2) is 9.73. The predicted molar refractivity (Wildman–Crippen MR) is 111 cm³/mol. The van der Waals surface area contributed by atoms with Crippen LogP contribution in [-0.4, -0.2) is 36.0 Å². The summed E-state index contributed by atoms with van der Waals surface area (Å²) >= 11 is 0. The number of hydrogen-bond donors (Lipinski definition) is 1. The maximum absolute atomic E-state index is 12.3. The van der Waals surface area contributed by atoms with Crippen LogP contribution in [0.3, 0.4) is 0 Å². The molecule has 0 aliphatic carbocycles. The maximum Gasteiger partial charge on any atom is 0.433 e. The van der Waals surface area contributed by atoms with Crippen molar-refractivity contribution in [2.24, 2.45) is 0 Å². The maximum atomic E-state index is 12.3. The van der Waals surface area contributed by atoms with Crippen molar-refractivity contribution >= 4 is 35.2 Å². The standard InChI is InChI=1S/C21H23N3O6/c1-15(29-20(25)12-10-18-9-11-19(30-18)24(27)28)21(26)22-16-5-7-17(8-6-16)23-13-3-2-4-14-23/h5-12,15H,2-4,13-14H2,1H3,(H,22,26)/b12-10+/t15-/m0/s1. The van der Waals surface area contributed by atoms with Gasteiger partial charge in [-0.25, -0.2) is 4.79 Å². The Morgan fingerprint density at radius 2 is 1.87 bits per heavy atom. The Balaban J connectivity index is 1.49. The van der Waals surface area contributed by atoms with Gasteiger partial charge in [-0.3, -0.25) is 14.9 Å². The quantitative estimate of drug-likeness (QED) is 0.318. The normalized spacial score (nSPS) is 15.0. The lowest BCUT2D eigenvalue weighted by Crippen LogP contribution is -2.30. The van der Waals surface area contributed by atoms with Crippen LogP contribution < -0.4 is 10.2 Å². The Morgan fingerprint density at radius 1 is 1.17 bits per heavy atom. The molecule has 0 bridgehead atoms. The Labute approximate surface area is 173 Å². The van der Waals surface area contributed by atoms with E-state index in [2.05, 4.69) is 10.2 Å². The zero-order chi connectivity index (χ0) is 21.5. The second-order valence-corrected chi connectivity index (χ2v) is 6.93. The topological polar surface area (TPSA) is 115 Å². The highest BCUT2D eigenvalue weighted by atomic mass is 16.6. The predicted octanol–water partition coefficient (Wildman–Crippen LogP) is 3.76. The molecular formula is C21H23N3O6. The van der Waals surface area contributed by atoms with E-state index in [0.717, 1.165) is 24.9 Å². The van der Waals surface area contributed by atoms with Crippen molar-refractivity contribution in [3.8, 4) is 0 Å². The smallest absolute Gasteiger partial charge is 0.433 e. The zero-order valence-electron chi connectivity index (χ0n) is 16.6. The van der Waals surface area contributed by atoms with Crippen LogP contribution in [0, 0.1) is 10.1 Å². The SMILES string of the molecule is C[C@H](OC(=O)/C=C/c1ccc([N+](=O)[O-])o1)C(=O)Nc1ccc(N2CCCCC2)cc1. The van der Waals surface area contributed by atoms with Gasteiger partial charge >= 0.3 is 11.9 Å². The molecule has 30 heavy (non-hydrogen) atoms. The number of benzene rings is 1. The lowest BCUT2D eigenvalue weighted by molar-refractivity contribution is -0.402. The molecule has 1 aromatic heterocycles. The molecule has 1 aliphatic heterocycles. The third kappa shape index (κ3) is 5.69. The zero-order valence-corrected chi connectivity index (χ0v) is 16.6. The van der Waals surface area contributed by atoms with Gasteiger partial charge in [-0.05, 0) is 62.6 Å². The van der Waals surface area contributed by atoms with E-state index >= 15 is 0 Å². The van der Waals surface area contributed by atoms with Crippen LogP contribution >= 0.6 is 0 Å². The van der Waals surface area contributed by atoms with Crippen LogP contribution in [0.1, 0.15) is 31.9 Å². The first-order chi connectivity index (χ1) is 14.4. The third-order valence-corrected chi connectivity index (χ3v) is 4.69. The Hall–Kier alpha value is -3.62. The van der Waals surface area contributed by atoms with Crippen molar-refractivity contribution in [2.45, 2.75) is 32.3 Å². The minimum Gasteiger partial charge on any atom is -0.449 e. The Morgan fingerprint density at radius 3 is 2.50 bits per heavy atom. The molecule has 158 valence electrons. The summed E-state index contributed by atoms with van der Waals surface area (Å²) in [5.41, 5.74) is 1.73. The number of carbonyl (C=O) groups excluding carboxylic acids is 2. The van der Waals surface area contributed by atoms with Crippen molar-refractivity contribution in [3.63, 3.8) is 0 Å². The molecule has 1 atom stereocenters. The molecule has 0 saturated carbocycles. The van der Waals surface area contributed by atoms with Crippen LogP contribution in [0.2, 0.25) is 0 Å².